The van der Waals surface area contributed by atoms with E-state index in [1.807, 2.05) is 13.8 Å². The van der Waals surface area contributed by atoms with Crippen LogP contribution in [-0.4, -0.2) is 48.3 Å². The van der Waals surface area contributed by atoms with Crippen LogP contribution in [0.2, 0.25) is 0 Å². The van der Waals surface area contributed by atoms with Gasteiger partial charge in [0.2, 0.25) is 5.91 Å². The maximum atomic E-state index is 13.0. The number of halogens is 1. The number of nitrogens with zero attached hydrogens (tertiary/aromatic N) is 2. The molecular weight excluding hydrogens is 311 g/mol. The molecule has 6 heteroatoms. The molecule has 1 aromatic carbocycles. The lowest BCUT2D eigenvalue weighted by atomic mass is 10.2. The lowest BCUT2D eigenvalue weighted by Crippen LogP contribution is -2.40. The van der Waals surface area contributed by atoms with Crippen molar-refractivity contribution in [1.82, 2.24) is 9.80 Å². The van der Waals surface area contributed by atoms with Gasteiger partial charge in [-0.15, -0.1) is 0 Å². The summed E-state index contributed by atoms with van der Waals surface area (Å²) in [5.74, 6) is -0.202. The van der Waals surface area contributed by atoms with Crippen molar-refractivity contribution in [2.45, 2.75) is 13.8 Å². The Hall–Kier alpha value is -2.63. The zero-order chi connectivity index (χ0) is 17.7. The average Bonchev–Trinajstić information content (AvgIpc) is 3.05. The van der Waals surface area contributed by atoms with E-state index in [4.69, 9.17) is 4.42 Å². The monoisotopic (exact) mass is 332 g/mol. The first-order valence-corrected chi connectivity index (χ1v) is 7.85. The second kappa shape index (κ2) is 7.77. The highest BCUT2D eigenvalue weighted by molar-refractivity contribution is 5.94. The second-order valence-electron chi connectivity index (χ2n) is 5.40. The Morgan fingerprint density at radius 3 is 2.25 bits per heavy atom. The van der Waals surface area contributed by atoms with Crippen molar-refractivity contribution in [3.63, 3.8) is 0 Å². The smallest absolute Gasteiger partial charge is 0.289 e. The van der Waals surface area contributed by atoms with Gasteiger partial charge in [-0.1, -0.05) is 0 Å². The number of hydrogen-bond donors (Lipinski definition) is 0. The predicted octanol–water partition coefficient (Wildman–Crippen LogP) is 3.03. The molecule has 2 aromatic rings. The fourth-order valence-electron chi connectivity index (χ4n) is 2.36. The maximum Gasteiger partial charge on any atom is 0.289 e. The topological polar surface area (TPSA) is 53.8 Å². The number of carbonyl (C=O) groups is 2. The fraction of sp³-hybridized carbons (Fsp3) is 0.333. The minimum atomic E-state index is -0.371. The molecule has 24 heavy (non-hydrogen) atoms. The van der Waals surface area contributed by atoms with E-state index < -0.39 is 0 Å². The standard InChI is InChI=1S/C18H21FN2O3/c1-4-21(5-2)17(22)12-20(3)18(23)16-11-10-15(24-16)13-6-8-14(19)9-7-13/h6-11H,4-5,12H2,1-3H3. The van der Waals surface area contributed by atoms with Crippen molar-refractivity contribution in [3.05, 3.63) is 48.0 Å². The Bertz CT molecular complexity index is 705. The molecule has 0 aliphatic rings. The summed E-state index contributed by atoms with van der Waals surface area (Å²) in [6.45, 7) is 4.99. The summed E-state index contributed by atoms with van der Waals surface area (Å²) in [5, 5.41) is 0. The van der Waals surface area contributed by atoms with E-state index in [-0.39, 0.29) is 29.9 Å². The van der Waals surface area contributed by atoms with Crippen LogP contribution in [-0.2, 0) is 4.79 Å². The van der Waals surface area contributed by atoms with Gasteiger partial charge in [0.15, 0.2) is 5.76 Å². The van der Waals surface area contributed by atoms with Gasteiger partial charge >= 0.3 is 0 Å². The van der Waals surface area contributed by atoms with Gasteiger partial charge in [0.1, 0.15) is 11.6 Å². The molecule has 0 unspecified atom stereocenters. The summed E-state index contributed by atoms with van der Waals surface area (Å²) in [6.07, 6.45) is 0. The minimum Gasteiger partial charge on any atom is -0.451 e. The van der Waals surface area contributed by atoms with Crippen molar-refractivity contribution in [1.29, 1.82) is 0 Å². The van der Waals surface area contributed by atoms with E-state index >= 15 is 0 Å². The molecule has 1 aromatic heterocycles. The highest BCUT2D eigenvalue weighted by Crippen LogP contribution is 2.23. The molecule has 0 saturated carbocycles. The van der Waals surface area contributed by atoms with Crippen molar-refractivity contribution in [2.75, 3.05) is 26.7 Å². The lowest BCUT2D eigenvalue weighted by molar-refractivity contribution is -0.131. The number of carbonyl (C=O) groups excluding carboxylic acids is 2. The molecular formula is C18H21FN2O3. The van der Waals surface area contributed by atoms with Crippen molar-refractivity contribution in [2.24, 2.45) is 0 Å². The summed E-state index contributed by atoms with van der Waals surface area (Å²) in [6, 6.07) is 9.02. The second-order valence-corrected chi connectivity index (χ2v) is 5.40. The summed E-state index contributed by atoms with van der Waals surface area (Å²) >= 11 is 0. The van der Waals surface area contributed by atoms with E-state index in [0.29, 0.717) is 24.4 Å². The van der Waals surface area contributed by atoms with Crippen LogP contribution in [0, 0.1) is 5.82 Å². The summed E-state index contributed by atoms with van der Waals surface area (Å²) in [7, 11) is 1.56. The van der Waals surface area contributed by atoms with Gasteiger partial charge < -0.3 is 14.2 Å². The fourth-order valence-corrected chi connectivity index (χ4v) is 2.36. The van der Waals surface area contributed by atoms with Crippen molar-refractivity contribution >= 4 is 11.8 Å². The van der Waals surface area contributed by atoms with Crippen LogP contribution < -0.4 is 0 Å². The first-order valence-electron chi connectivity index (χ1n) is 7.85. The van der Waals surface area contributed by atoms with Crippen LogP contribution in [0.25, 0.3) is 11.3 Å². The van der Waals surface area contributed by atoms with Crippen LogP contribution in [0.15, 0.2) is 40.8 Å². The third-order valence-electron chi connectivity index (χ3n) is 3.78. The highest BCUT2D eigenvalue weighted by Gasteiger charge is 2.20. The van der Waals surface area contributed by atoms with Crippen LogP contribution in [0.5, 0.6) is 0 Å². The van der Waals surface area contributed by atoms with E-state index in [2.05, 4.69) is 0 Å². The van der Waals surface area contributed by atoms with Crippen LogP contribution in [0.4, 0.5) is 4.39 Å². The van der Waals surface area contributed by atoms with Crippen LogP contribution >= 0.6 is 0 Å². The molecule has 0 radical (unpaired) electrons. The Morgan fingerprint density at radius 1 is 1.04 bits per heavy atom. The zero-order valence-corrected chi connectivity index (χ0v) is 14.1. The molecule has 0 fully saturated rings. The molecule has 2 amide bonds. The maximum absolute atomic E-state index is 13.0. The Kier molecular flexibility index (Phi) is 5.73. The van der Waals surface area contributed by atoms with Crippen LogP contribution in [0.3, 0.4) is 0 Å². The first-order chi connectivity index (χ1) is 11.5. The minimum absolute atomic E-state index is 0.00685. The Morgan fingerprint density at radius 2 is 1.67 bits per heavy atom. The number of benzene rings is 1. The predicted molar refractivity (Wildman–Crippen MR) is 89.0 cm³/mol. The third kappa shape index (κ3) is 4.01. The largest absolute Gasteiger partial charge is 0.451 e. The van der Waals surface area contributed by atoms with Gasteiger partial charge in [-0.05, 0) is 50.2 Å². The highest BCUT2D eigenvalue weighted by atomic mass is 19.1. The number of amides is 2. The summed E-state index contributed by atoms with van der Waals surface area (Å²) in [5.41, 5.74) is 0.678. The molecule has 0 aliphatic heterocycles. The zero-order valence-electron chi connectivity index (χ0n) is 14.1. The molecule has 0 spiro atoms. The average molecular weight is 332 g/mol. The third-order valence-corrected chi connectivity index (χ3v) is 3.78. The molecule has 1 heterocycles. The molecule has 0 N–H and O–H groups in total. The molecule has 5 nitrogen and oxygen atoms in total. The summed E-state index contributed by atoms with van der Waals surface area (Å²) < 4.78 is 18.5. The van der Waals surface area contributed by atoms with E-state index in [1.54, 1.807) is 36.2 Å². The summed E-state index contributed by atoms with van der Waals surface area (Å²) in [4.78, 5) is 27.4. The molecule has 0 aliphatic carbocycles. The molecule has 0 atom stereocenters. The molecule has 128 valence electrons. The molecule has 2 rings (SSSR count). The van der Waals surface area contributed by atoms with Gasteiger partial charge in [-0.2, -0.15) is 0 Å². The lowest BCUT2D eigenvalue weighted by Gasteiger charge is -2.22. The number of rotatable bonds is 6. The molecule has 0 bridgehead atoms. The van der Waals surface area contributed by atoms with Crippen LogP contribution in [0.1, 0.15) is 24.4 Å². The van der Waals surface area contributed by atoms with Gasteiger partial charge in [0.25, 0.3) is 5.91 Å². The SMILES string of the molecule is CCN(CC)C(=O)CN(C)C(=O)c1ccc(-c2ccc(F)cc2)o1. The van der Waals surface area contributed by atoms with E-state index in [1.165, 1.54) is 17.0 Å². The Balaban J connectivity index is 2.07. The van der Waals surface area contributed by atoms with Crippen molar-refractivity contribution in [3.8, 4) is 11.3 Å². The van der Waals surface area contributed by atoms with E-state index in [9.17, 15) is 14.0 Å². The first kappa shape index (κ1) is 17.7. The molecule has 0 saturated heterocycles. The van der Waals surface area contributed by atoms with Gasteiger partial charge in [-0.25, -0.2) is 4.39 Å². The van der Waals surface area contributed by atoms with Crippen molar-refractivity contribution < 1.29 is 18.4 Å². The number of hydrogen-bond acceptors (Lipinski definition) is 3. The van der Waals surface area contributed by atoms with Gasteiger partial charge in [0.05, 0.1) is 6.54 Å². The number of furan rings is 1. The quantitative estimate of drug-likeness (QED) is 0.817. The normalized spacial score (nSPS) is 10.5. The van der Waals surface area contributed by atoms with Gasteiger partial charge in [0, 0.05) is 25.7 Å². The number of likely N-dealkylation sites (N-methyl/N-ethyl adjacent to an activating group) is 2. The van der Waals surface area contributed by atoms with Gasteiger partial charge in [-0.3, -0.25) is 9.59 Å². The van der Waals surface area contributed by atoms with E-state index in [0.717, 1.165) is 0 Å². The Labute approximate surface area is 140 Å².